The topological polar surface area (TPSA) is 70.1 Å². The Morgan fingerprint density at radius 2 is 2.08 bits per heavy atom. The van der Waals surface area contributed by atoms with Crippen LogP contribution in [0.3, 0.4) is 0 Å². The number of hydrogen-bond acceptors (Lipinski definition) is 4. The number of hydrogen-bond donors (Lipinski definition) is 2. The molecule has 4 heteroatoms. The Hall–Kier alpha value is -1.13. The largest absolute Gasteiger partial charge is 0.510 e. The molecule has 1 heterocycles. The summed E-state index contributed by atoms with van der Waals surface area (Å²) >= 11 is 0. The van der Waals surface area contributed by atoms with Gasteiger partial charge in [0.25, 0.3) is 0 Å². The van der Waals surface area contributed by atoms with Crippen LogP contribution in [0.5, 0.6) is 0 Å². The van der Waals surface area contributed by atoms with Gasteiger partial charge in [-0.2, -0.15) is 0 Å². The number of carbonyl (C=O) groups is 1. The highest BCUT2D eigenvalue weighted by Gasteiger charge is 2.79. The molecule has 0 amide bonds. The van der Waals surface area contributed by atoms with Crippen molar-refractivity contribution >= 4 is 5.78 Å². The first-order chi connectivity index (χ1) is 12.3. The van der Waals surface area contributed by atoms with E-state index in [2.05, 4.69) is 20.8 Å². The molecule has 0 unspecified atom stereocenters. The van der Waals surface area contributed by atoms with Gasteiger partial charge in [0.15, 0.2) is 5.78 Å². The van der Waals surface area contributed by atoms with Gasteiger partial charge in [0, 0.05) is 11.8 Å². The lowest BCUT2D eigenvalue weighted by Gasteiger charge is -2.55. The monoisotopic (exact) mass is 358 g/mol. The van der Waals surface area contributed by atoms with E-state index in [-0.39, 0.29) is 40.7 Å². The minimum Gasteiger partial charge on any atom is -0.510 e. The van der Waals surface area contributed by atoms with Crippen LogP contribution in [0.2, 0.25) is 0 Å². The Kier molecular flexibility index (Phi) is 3.28. The summed E-state index contributed by atoms with van der Waals surface area (Å²) < 4.78 is 6.56. The van der Waals surface area contributed by atoms with Crippen LogP contribution >= 0.6 is 0 Å². The average Bonchev–Trinajstić information content (AvgIpc) is 3.24. The van der Waals surface area contributed by atoms with E-state index in [1.54, 1.807) is 0 Å². The van der Waals surface area contributed by atoms with Gasteiger partial charge >= 0.3 is 0 Å². The van der Waals surface area contributed by atoms with Crippen molar-refractivity contribution in [1.82, 2.24) is 0 Å². The van der Waals surface area contributed by atoms with E-state index in [1.807, 2.05) is 6.08 Å². The zero-order valence-electron chi connectivity index (χ0n) is 16.0. The van der Waals surface area contributed by atoms with E-state index in [9.17, 15) is 15.0 Å². The van der Waals surface area contributed by atoms with Crippen LogP contribution in [-0.4, -0.2) is 34.3 Å². The van der Waals surface area contributed by atoms with Crippen molar-refractivity contribution in [1.29, 1.82) is 0 Å². The lowest BCUT2D eigenvalue weighted by atomic mass is 9.47. The van der Waals surface area contributed by atoms with E-state index >= 15 is 0 Å². The molecule has 26 heavy (non-hydrogen) atoms. The molecule has 2 N–H and O–H groups in total. The second kappa shape index (κ2) is 5.02. The van der Waals surface area contributed by atoms with Gasteiger partial charge in [-0.25, -0.2) is 0 Å². The molecule has 0 aromatic heterocycles. The summed E-state index contributed by atoms with van der Waals surface area (Å²) in [5, 5.41) is 20.0. The van der Waals surface area contributed by atoms with Crippen molar-refractivity contribution in [2.75, 3.05) is 6.61 Å². The second-order valence-electron chi connectivity index (χ2n) is 9.90. The molecule has 0 aromatic carbocycles. The quantitative estimate of drug-likeness (QED) is 0.554. The molecule has 142 valence electrons. The maximum Gasteiger partial charge on any atom is 0.155 e. The number of allylic oxidation sites excluding steroid dienone is 1. The molecule has 1 spiro atoms. The molecule has 0 aromatic rings. The predicted molar refractivity (Wildman–Crippen MR) is 97.5 cm³/mol. The zero-order chi connectivity index (χ0) is 18.5. The summed E-state index contributed by atoms with van der Waals surface area (Å²) in [6, 6.07) is 0. The van der Waals surface area contributed by atoms with Crippen molar-refractivity contribution < 1.29 is 19.7 Å². The van der Waals surface area contributed by atoms with Crippen molar-refractivity contribution in [3.05, 3.63) is 23.0 Å². The van der Waals surface area contributed by atoms with Gasteiger partial charge in [-0.3, -0.25) is 4.79 Å². The fourth-order valence-electron chi connectivity index (χ4n) is 7.87. The summed E-state index contributed by atoms with van der Waals surface area (Å²) in [5.41, 5.74) is 2.19. The first kappa shape index (κ1) is 17.0. The molecule has 1 saturated heterocycles. The number of rotatable bonds is 1. The Labute approximate surface area is 155 Å². The van der Waals surface area contributed by atoms with Gasteiger partial charge < -0.3 is 14.9 Å². The maximum absolute atomic E-state index is 12.0. The van der Waals surface area contributed by atoms with Gasteiger partial charge in [0.05, 0.1) is 6.10 Å². The molecule has 7 atom stereocenters. The molecule has 0 bridgehead atoms. The van der Waals surface area contributed by atoms with Crippen LogP contribution in [-0.2, 0) is 9.53 Å². The summed E-state index contributed by atoms with van der Waals surface area (Å²) in [7, 11) is 0. The van der Waals surface area contributed by atoms with Crippen LogP contribution < -0.4 is 0 Å². The number of epoxide rings is 1. The van der Waals surface area contributed by atoms with E-state index in [0.29, 0.717) is 24.2 Å². The molecule has 4 aliphatic carbocycles. The predicted octanol–water partition coefficient (Wildman–Crippen LogP) is 3.70. The minimum absolute atomic E-state index is 0.00937. The van der Waals surface area contributed by atoms with Crippen molar-refractivity contribution in [2.45, 2.75) is 71.0 Å². The molecule has 0 radical (unpaired) electrons. The number of ketones is 1. The van der Waals surface area contributed by atoms with Crippen LogP contribution in [0.4, 0.5) is 0 Å². The molecule has 4 nitrogen and oxygen atoms in total. The molecule has 3 saturated carbocycles. The third kappa shape index (κ3) is 1.76. The number of carbonyl (C=O) groups excluding carboxylic acids is 1. The lowest BCUT2D eigenvalue weighted by Crippen LogP contribution is -2.56. The van der Waals surface area contributed by atoms with Gasteiger partial charge in [0.1, 0.15) is 18.0 Å². The van der Waals surface area contributed by atoms with E-state index < -0.39 is 0 Å². The van der Waals surface area contributed by atoms with Crippen LogP contribution in [0.1, 0.15) is 59.3 Å². The SMILES string of the molecule is C[C@@H]1C[C@H]2[C@@H]3CCC4=CC(=O)CC[C@]4(C)[C@@]34O[C@H]4C[C@]2(C)/C1=C(\O)CO. The standard InChI is InChI=1S/C22H30O4/c1-12-8-16-15-5-4-13-9-14(24)6-7-21(13,3)22(15)18(26-22)10-20(16,2)19(12)17(25)11-23/h9,12,15-16,18,23,25H,4-8,10-11H2,1-3H3/b19-17-/t12-,15+,16+,18+,20+,21+,22-/m1/s1. The summed E-state index contributed by atoms with van der Waals surface area (Å²) in [6.07, 6.45) is 7.74. The summed E-state index contributed by atoms with van der Waals surface area (Å²) in [6.45, 7) is 6.54. The third-order valence-corrected chi connectivity index (χ3v) is 8.90. The van der Waals surface area contributed by atoms with Gasteiger partial charge in [-0.05, 0) is 66.9 Å². The maximum atomic E-state index is 12.0. The third-order valence-electron chi connectivity index (χ3n) is 8.90. The van der Waals surface area contributed by atoms with Crippen LogP contribution in [0, 0.1) is 28.6 Å². The van der Waals surface area contributed by atoms with Crippen molar-refractivity contribution in [3.63, 3.8) is 0 Å². The van der Waals surface area contributed by atoms with Gasteiger partial charge in [-0.1, -0.05) is 26.3 Å². The number of aliphatic hydroxyl groups is 2. The zero-order valence-corrected chi connectivity index (χ0v) is 16.0. The number of fused-ring (bicyclic) bond motifs is 3. The summed E-state index contributed by atoms with van der Waals surface area (Å²) in [5.74, 6) is 1.73. The van der Waals surface area contributed by atoms with Crippen LogP contribution in [0.15, 0.2) is 23.0 Å². The molecule has 5 aliphatic rings. The Balaban J connectivity index is 1.59. The number of ether oxygens (including phenoxy) is 1. The molecule has 5 rings (SSSR count). The Bertz CT molecular complexity index is 751. The van der Waals surface area contributed by atoms with Gasteiger partial charge in [0.2, 0.25) is 0 Å². The highest BCUT2D eigenvalue weighted by atomic mass is 16.6. The molecule has 4 fully saturated rings. The smallest absolute Gasteiger partial charge is 0.155 e. The fourth-order valence-corrected chi connectivity index (χ4v) is 7.87. The van der Waals surface area contributed by atoms with Crippen molar-refractivity contribution in [3.8, 4) is 0 Å². The van der Waals surface area contributed by atoms with E-state index in [0.717, 1.165) is 37.7 Å². The summed E-state index contributed by atoms with van der Waals surface area (Å²) in [4.78, 5) is 12.0. The van der Waals surface area contributed by atoms with E-state index in [1.165, 1.54) is 5.57 Å². The van der Waals surface area contributed by atoms with Gasteiger partial charge in [-0.15, -0.1) is 0 Å². The normalized spacial score (nSPS) is 53.8. The number of aliphatic hydroxyl groups excluding tert-OH is 2. The second-order valence-corrected chi connectivity index (χ2v) is 9.90. The Morgan fingerprint density at radius 1 is 1.31 bits per heavy atom. The highest BCUT2D eigenvalue weighted by molar-refractivity contribution is 5.91. The average molecular weight is 358 g/mol. The molecular formula is C22H30O4. The fraction of sp³-hybridized carbons (Fsp3) is 0.773. The Morgan fingerprint density at radius 3 is 2.81 bits per heavy atom. The first-order valence-corrected chi connectivity index (χ1v) is 10.2. The minimum atomic E-state index is -0.268. The van der Waals surface area contributed by atoms with Crippen molar-refractivity contribution in [2.24, 2.45) is 28.6 Å². The lowest BCUT2D eigenvalue weighted by molar-refractivity contribution is -0.117. The highest BCUT2D eigenvalue weighted by Crippen LogP contribution is 2.76. The first-order valence-electron chi connectivity index (χ1n) is 10.2. The molecular weight excluding hydrogens is 328 g/mol. The van der Waals surface area contributed by atoms with E-state index in [4.69, 9.17) is 4.74 Å². The molecule has 1 aliphatic heterocycles. The van der Waals surface area contributed by atoms with Crippen LogP contribution in [0.25, 0.3) is 0 Å².